The molecule has 1 aromatic rings. The van der Waals surface area contributed by atoms with Crippen molar-refractivity contribution in [3.05, 3.63) is 23.8 Å². The number of benzene rings is 1. The van der Waals surface area contributed by atoms with Crippen LogP contribution in [0.4, 0.5) is 19.3 Å². The number of halogens is 2. The maximum Gasteiger partial charge on any atom is 0.412 e. The van der Waals surface area contributed by atoms with Gasteiger partial charge in [0, 0.05) is 18.1 Å². The van der Waals surface area contributed by atoms with Crippen LogP contribution in [0.2, 0.25) is 0 Å². The van der Waals surface area contributed by atoms with Crippen molar-refractivity contribution in [1.82, 2.24) is 0 Å². The number of amides is 1. The molecular formula is C15H20F2N2O3. The predicted octanol–water partition coefficient (Wildman–Crippen LogP) is 3.24. The Hall–Kier alpha value is -1.89. The zero-order valence-corrected chi connectivity index (χ0v) is 13.0. The van der Waals surface area contributed by atoms with Crippen LogP contribution in [0, 0.1) is 0 Å². The van der Waals surface area contributed by atoms with Gasteiger partial charge in [-0.05, 0) is 26.8 Å². The van der Waals surface area contributed by atoms with Gasteiger partial charge in [-0.25, -0.2) is 13.6 Å². The summed E-state index contributed by atoms with van der Waals surface area (Å²) in [6.45, 7) is 5.12. The fourth-order valence-corrected chi connectivity index (χ4v) is 2.15. The first-order valence-electron chi connectivity index (χ1n) is 6.84. The Kier molecular flexibility index (Phi) is 3.81. The molecule has 0 saturated heterocycles. The molecule has 0 aliphatic heterocycles. The fraction of sp³-hybridized carbons (Fsp3) is 0.533. The minimum Gasteiger partial charge on any atom is -0.497 e. The quantitative estimate of drug-likeness (QED) is 0.898. The molecule has 122 valence electrons. The van der Waals surface area contributed by atoms with Gasteiger partial charge < -0.3 is 15.2 Å². The van der Waals surface area contributed by atoms with E-state index in [-0.39, 0.29) is 11.3 Å². The molecule has 1 aliphatic carbocycles. The highest BCUT2D eigenvalue weighted by Crippen LogP contribution is 2.59. The minimum absolute atomic E-state index is 0.157. The third kappa shape index (κ3) is 3.14. The average Bonchev–Trinajstić information content (AvgIpc) is 2.86. The maximum atomic E-state index is 13.5. The van der Waals surface area contributed by atoms with Gasteiger partial charge in [-0.3, -0.25) is 5.32 Å². The molecule has 0 heterocycles. The summed E-state index contributed by atoms with van der Waals surface area (Å²) in [6.07, 6.45) is -1.20. The van der Waals surface area contributed by atoms with Crippen LogP contribution >= 0.6 is 0 Å². The summed E-state index contributed by atoms with van der Waals surface area (Å²) in [5.41, 5.74) is 3.60. The highest BCUT2D eigenvalue weighted by atomic mass is 19.3. The van der Waals surface area contributed by atoms with Gasteiger partial charge >= 0.3 is 6.09 Å². The summed E-state index contributed by atoms with van der Waals surface area (Å²) < 4.78 is 37.3. The number of ether oxygens (including phenoxy) is 2. The number of nitrogens with two attached hydrogens (primary N) is 1. The Morgan fingerprint density at radius 2 is 1.95 bits per heavy atom. The Morgan fingerprint density at radius 3 is 2.41 bits per heavy atom. The highest BCUT2D eigenvalue weighted by Gasteiger charge is 2.70. The third-order valence-corrected chi connectivity index (χ3v) is 3.37. The number of carbonyl (C=O) groups is 1. The van der Waals surface area contributed by atoms with Crippen molar-refractivity contribution in [2.24, 2.45) is 5.73 Å². The van der Waals surface area contributed by atoms with E-state index in [0.717, 1.165) is 0 Å². The monoisotopic (exact) mass is 314 g/mol. The van der Waals surface area contributed by atoms with E-state index in [1.54, 1.807) is 20.8 Å². The molecule has 0 radical (unpaired) electrons. The molecule has 1 aromatic carbocycles. The van der Waals surface area contributed by atoms with Crippen molar-refractivity contribution < 1.29 is 23.0 Å². The molecule has 22 heavy (non-hydrogen) atoms. The zero-order chi connectivity index (χ0) is 16.8. The minimum atomic E-state index is -2.99. The second kappa shape index (κ2) is 5.08. The van der Waals surface area contributed by atoms with Gasteiger partial charge in [0.2, 0.25) is 0 Å². The van der Waals surface area contributed by atoms with E-state index < -0.39 is 29.6 Å². The lowest BCUT2D eigenvalue weighted by Crippen LogP contribution is -2.31. The lowest BCUT2D eigenvalue weighted by Gasteiger charge is -2.22. The average molecular weight is 314 g/mol. The van der Waals surface area contributed by atoms with Gasteiger partial charge in [-0.2, -0.15) is 0 Å². The Morgan fingerprint density at radius 1 is 1.36 bits per heavy atom. The van der Waals surface area contributed by atoms with E-state index in [9.17, 15) is 13.6 Å². The van der Waals surface area contributed by atoms with Gasteiger partial charge in [-0.1, -0.05) is 6.07 Å². The molecule has 2 rings (SSSR count). The van der Waals surface area contributed by atoms with Gasteiger partial charge in [0.25, 0.3) is 5.92 Å². The number of hydrogen-bond acceptors (Lipinski definition) is 4. The van der Waals surface area contributed by atoms with E-state index in [2.05, 4.69) is 5.32 Å². The van der Waals surface area contributed by atoms with Crippen molar-refractivity contribution in [3.8, 4) is 5.75 Å². The molecule has 1 atom stereocenters. The second-order valence-corrected chi connectivity index (χ2v) is 6.39. The number of rotatable bonds is 3. The Labute approximate surface area is 127 Å². The third-order valence-electron chi connectivity index (χ3n) is 3.37. The van der Waals surface area contributed by atoms with Crippen molar-refractivity contribution in [3.63, 3.8) is 0 Å². The summed E-state index contributed by atoms with van der Waals surface area (Å²) in [7, 11) is 1.44. The number of anilines is 1. The first-order chi connectivity index (χ1) is 9.98. The van der Waals surface area contributed by atoms with Crippen molar-refractivity contribution in [2.45, 2.75) is 44.3 Å². The summed E-state index contributed by atoms with van der Waals surface area (Å²) in [6, 6.07) is 4.41. The molecule has 0 bridgehead atoms. The molecule has 7 heteroatoms. The Bertz CT molecular complexity index is 599. The van der Waals surface area contributed by atoms with Crippen molar-refractivity contribution in [2.75, 3.05) is 12.4 Å². The summed E-state index contributed by atoms with van der Waals surface area (Å²) >= 11 is 0. The van der Waals surface area contributed by atoms with E-state index >= 15 is 0 Å². The molecule has 3 N–H and O–H groups in total. The van der Waals surface area contributed by atoms with Crippen molar-refractivity contribution in [1.29, 1.82) is 0 Å². The highest BCUT2D eigenvalue weighted by molar-refractivity contribution is 5.87. The SMILES string of the molecule is COc1ccc(C2(N)CC2(F)F)c(NC(=O)OC(C)(C)C)c1. The molecule has 1 fully saturated rings. The van der Waals surface area contributed by atoms with Crippen molar-refractivity contribution >= 4 is 11.8 Å². The number of carbonyl (C=O) groups excluding carboxylic acids is 1. The smallest absolute Gasteiger partial charge is 0.412 e. The number of methoxy groups -OCH3 is 1. The lowest BCUT2D eigenvalue weighted by molar-refractivity contribution is 0.0634. The van der Waals surface area contributed by atoms with E-state index in [4.69, 9.17) is 15.2 Å². The molecular weight excluding hydrogens is 294 g/mol. The van der Waals surface area contributed by atoms with Crippen LogP contribution in [0.5, 0.6) is 5.75 Å². The summed E-state index contributed by atoms with van der Waals surface area (Å²) in [5.74, 6) is -2.58. The van der Waals surface area contributed by atoms with Crippen LogP contribution < -0.4 is 15.8 Å². The molecule has 1 amide bonds. The van der Waals surface area contributed by atoms with Crippen LogP contribution in [0.1, 0.15) is 32.8 Å². The molecule has 0 spiro atoms. The van der Waals surface area contributed by atoms with Crippen LogP contribution in [0.15, 0.2) is 18.2 Å². The van der Waals surface area contributed by atoms with Crippen LogP contribution in [-0.2, 0) is 10.3 Å². The number of alkyl halides is 2. The largest absolute Gasteiger partial charge is 0.497 e. The molecule has 1 unspecified atom stereocenters. The summed E-state index contributed by atoms with van der Waals surface area (Å²) in [4.78, 5) is 11.9. The van der Waals surface area contributed by atoms with E-state index in [1.807, 2.05) is 0 Å². The number of hydrogen-bond donors (Lipinski definition) is 2. The Balaban J connectivity index is 2.31. The van der Waals surface area contributed by atoms with Gasteiger partial charge in [0.1, 0.15) is 16.9 Å². The zero-order valence-electron chi connectivity index (χ0n) is 13.0. The van der Waals surface area contributed by atoms with Crippen LogP contribution in [-0.4, -0.2) is 24.7 Å². The predicted molar refractivity (Wildman–Crippen MR) is 78.3 cm³/mol. The van der Waals surface area contributed by atoms with E-state index in [1.165, 1.54) is 25.3 Å². The van der Waals surface area contributed by atoms with Gasteiger partial charge in [0.05, 0.1) is 12.8 Å². The normalized spacial score (nSPS) is 22.9. The van der Waals surface area contributed by atoms with Crippen LogP contribution in [0.3, 0.4) is 0 Å². The molecule has 1 saturated carbocycles. The standard InChI is InChI=1S/C15H20F2N2O3/c1-13(2,3)22-12(20)19-11-7-9(21-4)5-6-10(11)14(18)8-15(14,16)17/h5-7H,8,18H2,1-4H3,(H,19,20). The molecule has 0 aromatic heterocycles. The molecule has 1 aliphatic rings. The van der Waals surface area contributed by atoms with E-state index in [0.29, 0.717) is 5.75 Å². The van der Waals surface area contributed by atoms with Gasteiger partial charge in [0.15, 0.2) is 0 Å². The number of nitrogens with one attached hydrogen (secondary N) is 1. The second-order valence-electron chi connectivity index (χ2n) is 6.39. The summed E-state index contributed by atoms with van der Waals surface area (Å²) in [5, 5.41) is 2.47. The first kappa shape index (κ1) is 16.5. The van der Waals surface area contributed by atoms with Gasteiger partial charge in [-0.15, -0.1) is 0 Å². The van der Waals surface area contributed by atoms with Crippen LogP contribution in [0.25, 0.3) is 0 Å². The molecule has 5 nitrogen and oxygen atoms in total. The lowest BCUT2D eigenvalue weighted by atomic mass is 10.0. The topological polar surface area (TPSA) is 73.6 Å². The fourth-order valence-electron chi connectivity index (χ4n) is 2.15. The maximum absolute atomic E-state index is 13.5. The first-order valence-corrected chi connectivity index (χ1v) is 6.84.